The largest absolute Gasteiger partial charge is 0.493 e. The van der Waals surface area contributed by atoms with Crippen LogP contribution in [0.25, 0.3) is 0 Å². The lowest BCUT2D eigenvalue weighted by Gasteiger charge is -2.14. The van der Waals surface area contributed by atoms with Crippen LogP contribution in [0.4, 0.5) is 17.1 Å². The minimum absolute atomic E-state index is 0.0768. The summed E-state index contributed by atoms with van der Waals surface area (Å²) in [5.74, 6) is 1.16. The normalized spacial score (nSPS) is 10.9. The van der Waals surface area contributed by atoms with Gasteiger partial charge >= 0.3 is 0 Å². The maximum Gasteiger partial charge on any atom is 0.261 e. The zero-order valence-electron chi connectivity index (χ0n) is 17.0. The van der Waals surface area contributed by atoms with Crippen molar-refractivity contribution in [3.05, 3.63) is 70.7 Å². The smallest absolute Gasteiger partial charge is 0.261 e. The lowest BCUT2D eigenvalue weighted by atomic mass is 10.2. The van der Waals surface area contributed by atoms with E-state index in [2.05, 4.69) is 15.4 Å². The highest BCUT2D eigenvalue weighted by Crippen LogP contribution is 2.30. The molecular formula is C21H19Cl2N3O4S2. The number of hydrogen-bond acceptors (Lipinski definition) is 5. The summed E-state index contributed by atoms with van der Waals surface area (Å²) in [6, 6.07) is 15.9. The topological polar surface area (TPSA) is 88.7 Å². The predicted molar refractivity (Wildman–Crippen MR) is 133 cm³/mol. The fraction of sp³-hybridized carbons (Fsp3) is 0.0952. The van der Waals surface area contributed by atoms with E-state index in [1.807, 2.05) is 0 Å². The van der Waals surface area contributed by atoms with Crippen LogP contribution < -0.4 is 24.8 Å². The third kappa shape index (κ3) is 5.95. The van der Waals surface area contributed by atoms with E-state index >= 15 is 0 Å². The van der Waals surface area contributed by atoms with E-state index in [-0.39, 0.29) is 9.92 Å². The second-order valence-corrected chi connectivity index (χ2v) is 9.31. The number of sulfonamides is 1. The van der Waals surface area contributed by atoms with E-state index in [9.17, 15) is 8.42 Å². The van der Waals surface area contributed by atoms with E-state index in [4.69, 9.17) is 44.9 Å². The van der Waals surface area contributed by atoms with Gasteiger partial charge < -0.3 is 20.1 Å². The molecule has 0 unspecified atom stereocenters. The summed E-state index contributed by atoms with van der Waals surface area (Å²) in [5, 5.41) is 6.94. The Bertz CT molecular complexity index is 1240. The van der Waals surface area contributed by atoms with Crippen molar-refractivity contribution in [1.29, 1.82) is 0 Å². The van der Waals surface area contributed by atoms with Gasteiger partial charge in [-0.25, -0.2) is 8.42 Å². The zero-order valence-corrected chi connectivity index (χ0v) is 20.1. The van der Waals surface area contributed by atoms with Gasteiger partial charge in [-0.15, -0.1) is 0 Å². The average Bonchev–Trinajstić information content (AvgIpc) is 2.76. The third-order valence-electron chi connectivity index (χ3n) is 4.24. The van der Waals surface area contributed by atoms with Gasteiger partial charge in [-0.2, -0.15) is 0 Å². The molecule has 0 fully saturated rings. The second-order valence-electron chi connectivity index (χ2n) is 6.41. The molecule has 0 spiro atoms. The zero-order chi connectivity index (χ0) is 23.3. The Balaban J connectivity index is 1.66. The van der Waals surface area contributed by atoms with Crippen LogP contribution in [0.5, 0.6) is 11.5 Å². The van der Waals surface area contributed by atoms with Gasteiger partial charge in [-0.3, -0.25) is 4.72 Å². The lowest BCUT2D eigenvalue weighted by molar-refractivity contribution is 0.355. The van der Waals surface area contributed by atoms with Crippen molar-refractivity contribution in [2.75, 3.05) is 29.6 Å². The summed E-state index contributed by atoms with van der Waals surface area (Å²) in [5.41, 5.74) is 1.61. The molecule has 0 amide bonds. The molecule has 168 valence electrons. The van der Waals surface area contributed by atoms with Crippen LogP contribution in [0.2, 0.25) is 10.0 Å². The first-order chi connectivity index (χ1) is 15.2. The summed E-state index contributed by atoms with van der Waals surface area (Å²) >= 11 is 17.1. The molecule has 3 aromatic rings. The van der Waals surface area contributed by atoms with Crippen molar-refractivity contribution in [1.82, 2.24) is 0 Å². The number of hydrogen-bond donors (Lipinski definition) is 3. The van der Waals surface area contributed by atoms with E-state index < -0.39 is 10.0 Å². The molecule has 0 heterocycles. The quantitative estimate of drug-likeness (QED) is 0.354. The molecule has 0 bridgehead atoms. The van der Waals surface area contributed by atoms with Crippen LogP contribution in [0.3, 0.4) is 0 Å². The molecule has 0 atom stereocenters. The van der Waals surface area contributed by atoms with Gasteiger partial charge in [-0.05, 0) is 66.8 Å². The second kappa shape index (κ2) is 10.3. The number of rotatable bonds is 7. The van der Waals surface area contributed by atoms with Crippen molar-refractivity contribution < 1.29 is 17.9 Å². The molecule has 11 heteroatoms. The fourth-order valence-corrected chi connectivity index (χ4v) is 4.28. The van der Waals surface area contributed by atoms with Crippen molar-refractivity contribution in [3.63, 3.8) is 0 Å². The highest BCUT2D eigenvalue weighted by molar-refractivity contribution is 7.92. The molecule has 0 saturated heterocycles. The molecular weight excluding hydrogens is 493 g/mol. The molecule has 3 rings (SSSR count). The van der Waals surface area contributed by atoms with Crippen molar-refractivity contribution in [2.24, 2.45) is 0 Å². The average molecular weight is 512 g/mol. The van der Waals surface area contributed by atoms with Crippen LogP contribution in [-0.4, -0.2) is 27.7 Å². The van der Waals surface area contributed by atoms with E-state index in [1.54, 1.807) is 44.6 Å². The Morgan fingerprint density at radius 2 is 1.38 bits per heavy atom. The standard InChI is InChI=1S/C21H19Cl2N3O4S2/c1-29-19-10-6-14(12-20(19)30-2)25-21(31)24-13-3-7-16(8-4-13)32(27,28)26-15-5-9-17(22)18(23)11-15/h3-12,26H,1-2H3,(H2,24,25,31). The van der Waals surface area contributed by atoms with Gasteiger partial charge in [0.2, 0.25) is 0 Å². The van der Waals surface area contributed by atoms with Gasteiger partial charge in [0.1, 0.15) is 0 Å². The maximum absolute atomic E-state index is 12.6. The van der Waals surface area contributed by atoms with Crippen molar-refractivity contribution >= 4 is 67.6 Å². The van der Waals surface area contributed by atoms with Crippen LogP contribution >= 0.6 is 35.4 Å². The predicted octanol–water partition coefficient (Wildman–Crippen LogP) is 5.62. The molecule has 3 aromatic carbocycles. The summed E-state index contributed by atoms with van der Waals surface area (Å²) in [6.07, 6.45) is 0. The van der Waals surface area contributed by atoms with E-state index in [0.717, 1.165) is 0 Å². The molecule has 32 heavy (non-hydrogen) atoms. The van der Waals surface area contributed by atoms with E-state index in [1.165, 1.54) is 30.3 Å². The Morgan fingerprint density at radius 1 is 0.781 bits per heavy atom. The van der Waals surface area contributed by atoms with Gasteiger partial charge in [0.05, 0.1) is 34.8 Å². The number of thiocarbonyl (C=S) groups is 1. The number of anilines is 3. The SMILES string of the molecule is COc1ccc(NC(=S)Nc2ccc(S(=O)(=O)Nc3ccc(Cl)c(Cl)c3)cc2)cc1OC. The van der Waals surface area contributed by atoms with Gasteiger partial charge in [0.25, 0.3) is 10.0 Å². The first-order valence-corrected chi connectivity index (χ1v) is 11.7. The fourth-order valence-electron chi connectivity index (χ4n) is 2.70. The molecule has 0 aromatic heterocycles. The third-order valence-corrected chi connectivity index (χ3v) is 6.58. The van der Waals surface area contributed by atoms with Crippen LogP contribution in [-0.2, 0) is 10.0 Å². The minimum Gasteiger partial charge on any atom is -0.493 e. The number of halogens is 2. The molecule has 0 aliphatic carbocycles. The number of methoxy groups -OCH3 is 2. The number of nitrogens with one attached hydrogen (secondary N) is 3. The van der Waals surface area contributed by atoms with E-state index in [0.29, 0.717) is 38.7 Å². The molecule has 3 N–H and O–H groups in total. The summed E-state index contributed by atoms with van der Waals surface area (Å²) in [6.45, 7) is 0. The summed E-state index contributed by atoms with van der Waals surface area (Å²) < 4.78 is 38.2. The van der Waals surface area contributed by atoms with Gasteiger partial charge in [0.15, 0.2) is 16.6 Å². The molecule has 0 aliphatic heterocycles. The highest BCUT2D eigenvalue weighted by Gasteiger charge is 2.15. The monoisotopic (exact) mass is 511 g/mol. The van der Waals surface area contributed by atoms with Gasteiger partial charge in [-0.1, -0.05) is 23.2 Å². The highest BCUT2D eigenvalue weighted by atomic mass is 35.5. The molecule has 7 nitrogen and oxygen atoms in total. The molecule has 0 saturated carbocycles. The number of ether oxygens (including phenoxy) is 2. The van der Waals surface area contributed by atoms with Crippen molar-refractivity contribution in [3.8, 4) is 11.5 Å². The Morgan fingerprint density at radius 3 is 2.00 bits per heavy atom. The Labute approximate surface area is 201 Å². The first-order valence-electron chi connectivity index (χ1n) is 9.10. The van der Waals surface area contributed by atoms with Crippen LogP contribution in [0.15, 0.2) is 65.6 Å². The summed E-state index contributed by atoms with van der Waals surface area (Å²) in [7, 11) is -0.702. The Kier molecular flexibility index (Phi) is 7.68. The lowest BCUT2D eigenvalue weighted by Crippen LogP contribution is -2.19. The first kappa shape index (κ1) is 23.9. The van der Waals surface area contributed by atoms with Gasteiger partial charge in [0, 0.05) is 17.4 Å². The van der Waals surface area contributed by atoms with Crippen LogP contribution in [0, 0.1) is 0 Å². The summed E-state index contributed by atoms with van der Waals surface area (Å²) in [4.78, 5) is 0.0768. The Hall–Kier alpha value is -2.72. The molecule has 0 aliphatic rings. The minimum atomic E-state index is -3.80. The van der Waals surface area contributed by atoms with Crippen LogP contribution in [0.1, 0.15) is 0 Å². The maximum atomic E-state index is 12.6. The number of benzene rings is 3. The van der Waals surface area contributed by atoms with Crippen molar-refractivity contribution in [2.45, 2.75) is 4.90 Å². The molecule has 0 radical (unpaired) electrons.